The van der Waals surface area contributed by atoms with Crippen molar-refractivity contribution in [2.24, 2.45) is 0 Å². The van der Waals surface area contributed by atoms with E-state index in [0.717, 1.165) is 117 Å². The largest absolute Gasteiger partial charge is 0.489 e. The molecule has 4 aliphatic rings. The second-order valence-corrected chi connectivity index (χ2v) is 36.9. The van der Waals surface area contributed by atoms with E-state index in [1.54, 1.807) is 99.4 Å². The number of pyridine rings is 3. The van der Waals surface area contributed by atoms with Crippen molar-refractivity contribution < 1.29 is 24.2 Å². The molecule has 2 fully saturated rings. The molecular weight excluding hydrogens is 1900 g/mol. The number of halogens is 1. The monoisotopic (exact) mass is 2020 g/mol. The maximum atomic E-state index is 13.1. The number of ether oxygens (including phenoxy) is 1. The molecular formula is C111H114ClN29O6S. The number of piperazine rings is 1. The zero-order chi connectivity index (χ0) is 102. The summed E-state index contributed by atoms with van der Waals surface area (Å²) in [7, 11) is 0. The van der Waals surface area contributed by atoms with Crippen LogP contribution in [0.1, 0.15) is 150 Å². The lowest BCUT2D eigenvalue weighted by molar-refractivity contribution is 0.0944. The smallest absolute Gasteiger partial charge is 0.274 e. The molecule has 148 heavy (non-hydrogen) atoms. The first-order chi connectivity index (χ1) is 71.3. The molecule has 0 saturated carbocycles. The third-order valence-electron chi connectivity index (χ3n) is 25.7. The molecule has 2 bridgehead atoms. The van der Waals surface area contributed by atoms with Crippen LogP contribution in [0.2, 0.25) is 5.15 Å². The van der Waals surface area contributed by atoms with Crippen LogP contribution in [0.3, 0.4) is 0 Å². The molecule has 6 aromatic carbocycles. The number of carbonyl (C=O) groups is 3. The molecule has 12 aromatic heterocycles. The third-order valence-corrected chi connectivity index (χ3v) is 25.9. The number of nitrogens with one attached hydrogen (secondary N) is 6. The number of aliphatic hydroxyl groups is 1. The van der Waals surface area contributed by atoms with Crippen LogP contribution >= 0.6 is 25.1 Å². The van der Waals surface area contributed by atoms with Gasteiger partial charge in [-0.1, -0.05) is 152 Å². The highest BCUT2D eigenvalue weighted by Gasteiger charge is 2.38. The van der Waals surface area contributed by atoms with Gasteiger partial charge in [-0.15, -0.1) is 0 Å². The van der Waals surface area contributed by atoms with E-state index in [0.29, 0.717) is 112 Å². The molecule has 35 nitrogen and oxygen atoms in total. The lowest BCUT2D eigenvalue weighted by Gasteiger charge is -2.27. The molecule has 7 N–H and O–H groups in total. The first-order valence-electron chi connectivity index (χ1n) is 48.6. The highest BCUT2D eigenvalue weighted by molar-refractivity contribution is 7.59. The second kappa shape index (κ2) is 46.7. The summed E-state index contributed by atoms with van der Waals surface area (Å²) in [4.78, 5) is 98.0. The predicted molar refractivity (Wildman–Crippen MR) is 579 cm³/mol. The number of amides is 2. The summed E-state index contributed by atoms with van der Waals surface area (Å²) < 4.78 is 15.8. The van der Waals surface area contributed by atoms with E-state index >= 15 is 0 Å². The minimum absolute atomic E-state index is 0. The number of aromatic nitrogens is 21. The van der Waals surface area contributed by atoms with Gasteiger partial charge in [0.1, 0.15) is 53.2 Å². The van der Waals surface area contributed by atoms with Crippen LogP contribution in [-0.2, 0) is 52.0 Å². The number of aryl methyl sites for hydroxylation is 7. The Morgan fingerprint density at radius 2 is 1.35 bits per heavy atom. The van der Waals surface area contributed by atoms with Crippen LogP contribution in [0.15, 0.2) is 286 Å². The van der Waals surface area contributed by atoms with Crippen LogP contribution in [0, 0.1) is 41.5 Å². The molecule has 16 heterocycles. The Morgan fingerprint density at radius 3 is 2.08 bits per heavy atom. The number of ketones is 1. The van der Waals surface area contributed by atoms with Gasteiger partial charge in [0.2, 0.25) is 11.9 Å². The van der Waals surface area contributed by atoms with Crippen molar-refractivity contribution in [1.29, 1.82) is 0 Å². The van der Waals surface area contributed by atoms with Crippen molar-refractivity contribution in [2.75, 3.05) is 57.4 Å². The normalized spacial score (nSPS) is 13.7. The Labute approximate surface area is 867 Å². The van der Waals surface area contributed by atoms with E-state index in [9.17, 15) is 19.2 Å². The molecule has 2 saturated heterocycles. The number of hydrogen-bond donors (Lipinski definition) is 7. The van der Waals surface area contributed by atoms with Gasteiger partial charge in [0.05, 0.1) is 95.1 Å². The fraction of sp³-hybridized carbons (Fsp3) is 0.234. The van der Waals surface area contributed by atoms with Gasteiger partial charge in [-0.3, -0.25) is 24.2 Å². The maximum Gasteiger partial charge on any atom is 0.274 e. The van der Waals surface area contributed by atoms with E-state index in [4.69, 9.17) is 21.4 Å². The predicted octanol–water partition coefficient (Wildman–Crippen LogP) is 17.5. The van der Waals surface area contributed by atoms with Crippen molar-refractivity contribution in [2.45, 2.75) is 146 Å². The molecule has 3 unspecified atom stereocenters. The van der Waals surface area contributed by atoms with Gasteiger partial charge in [-0.2, -0.15) is 44.0 Å². The second-order valence-electron chi connectivity index (χ2n) is 36.5. The molecule has 4 aliphatic heterocycles. The molecule has 18 aromatic rings. The van der Waals surface area contributed by atoms with Crippen molar-refractivity contribution in [1.82, 2.24) is 114 Å². The van der Waals surface area contributed by atoms with Crippen LogP contribution in [-0.4, -0.2) is 164 Å². The topological polar surface area (TPSA) is 399 Å². The van der Waals surface area contributed by atoms with Gasteiger partial charge in [-0.05, 0) is 195 Å². The Kier molecular flexibility index (Phi) is 32.3. The van der Waals surface area contributed by atoms with Gasteiger partial charge in [0, 0.05) is 137 Å². The molecule has 0 radical (unpaired) electrons. The number of carbonyl (C=O) groups excluding carboxylic acids is 3. The molecule has 22 rings (SSSR count). The van der Waals surface area contributed by atoms with Crippen molar-refractivity contribution >= 4 is 94.1 Å². The summed E-state index contributed by atoms with van der Waals surface area (Å²) in [5.41, 5.74) is 24.4. The number of hydrogen-bond acceptors (Lipinski definition) is 27. The number of nitrogens with zero attached hydrogens (tertiary/aromatic N) is 23. The van der Waals surface area contributed by atoms with Crippen LogP contribution < -0.4 is 52.0 Å². The standard InChI is InChI=1S/C26H23N5O2.C25H25N7O.C22H25N5.C19H20ClN5O.C19H19N7O2.H2S/c1-17-3-6-20(7-4-17)22-13-30-31(14-22)25-11-23(28-16-29-25)26(32)27-12-19-5-8-24-21(10-19)9-18(2)15-33-24;1-4-18-11-28-32(13-18)23-6-7-26-12-22(23)29-24(33)21-5-8-27-25(30-21)31-14-19-9-16(2)17(3)10-20(19)15-31;1-16(17-6-3-2-4-7-17)25-18-8-5-9-20(10-18)27-15-22(13-24-27)26-14-19-11-21(26)12-23-19;1-4-16-15(13(3)26)11-22-25(16)18-9-17(20)23-19(24-18)21-10-14-7-5-12(2)6-8-14;1-12-9-22-26(10-12)17-8-15(20-11-21-17)24-16-7-14-3-4-25(5-6-27)19(28)18(14)13(2)23-16;/h3-8,10-11,13-14,16H,2,9,12,15H2,1H3,(H,27,32);5-13H,4,14-15H2,1-3H3,(H,29,33);2-10,13,15-16,19,21,23,25H,11-12,14H2,1H3;5-9,11H,4,10H2,1-3H3,(H,21,23,24);3-4,7-11,27H,5-6H2,1-2H3,(H,20,21,23,24);1H2. The van der Waals surface area contributed by atoms with Gasteiger partial charge < -0.3 is 56.1 Å². The maximum absolute atomic E-state index is 13.1. The number of benzene rings is 6. The van der Waals surface area contributed by atoms with Gasteiger partial charge in [0.25, 0.3) is 17.4 Å². The Hall–Kier alpha value is -17.1. The SMILES string of the molecule is C=C1COc2ccc(CNC(=O)c3cc(-n4cc(-c5ccc(C)cc5)cn4)ncn3)cc2C1.CC(Nc1cccc(-n2cc(N3CC4CC3CN4)cn2)c1)c1ccccc1.CCc1c(C(C)=O)cnn1-c1cc(Cl)nc(NCc2ccc(C)cc2)n1.CCc1cnn(-c2ccncc2NC(=O)c2ccnc(N3Cc4cc(C)c(C)cc4C3)n2)c1.Cc1cnn(-c2cc(Nc3cc4ccn(CCO)c(=O)c4c(C)n3)ncn2)c1.S. The van der Waals surface area contributed by atoms with E-state index in [2.05, 4.69) is 274 Å². The van der Waals surface area contributed by atoms with Crippen LogP contribution in [0.4, 0.5) is 40.6 Å². The fourth-order valence-corrected chi connectivity index (χ4v) is 17.9. The first-order valence-corrected chi connectivity index (χ1v) is 48.9. The summed E-state index contributed by atoms with van der Waals surface area (Å²) in [6.45, 7) is 29.2. The Balaban J connectivity index is 0.000000126. The average molecular weight is 2020 g/mol. The molecule has 0 spiro atoms. The summed E-state index contributed by atoms with van der Waals surface area (Å²) in [6.07, 6.45) is 29.8. The van der Waals surface area contributed by atoms with E-state index in [1.807, 2.05) is 92.8 Å². The summed E-state index contributed by atoms with van der Waals surface area (Å²) in [6, 6.07) is 59.4. The summed E-state index contributed by atoms with van der Waals surface area (Å²) >= 11 is 6.17. The fourth-order valence-electron chi connectivity index (χ4n) is 17.8. The van der Waals surface area contributed by atoms with Crippen LogP contribution in [0.5, 0.6) is 5.75 Å². The van der Waals surface area contributed by atoms with E-state index in [-0.39, 0.29) is 61.5 Å². The van der Waals surface area contributed by atoms with Gasteiger partial charge >= 0.3 is 0 Å². The molecule has 0 aliphatic carbocycles. The number of rotatable bonds is 26. The molecule has 2 amide bonds. The van der Waals surface area contributed by atoms with E-state index in [1.165, 1.54) is 75.2 Å². The number of Topliss-reactive ketones (excluding diaryl/α,β-unsaturated/α-hetero) is 1. The molecule has 752 valence electrons. The zero-order valence-electron chi connectivity index (χ0n) is 83.7. The first kappa shape index (κ1) is 102. The Morgan fingerprint density at radius 1 is 0.608 bits per heavy atom. The zero-order valence-corrected chi connectivity index (χ0v) is 85.4. The van der Waals surface area contributed by atoms with Gasteiger partial charge in [0.15, 0.2) is 23.2 Å². The minimum Gasteiger partial charge on any atom is -0.489 e. The third kappa shape index (κ3) is 24.8. The molecule has 37 heteroatoms. The summed E-state index contributed by atoms with van der Waals surface area (Å²) in [5.74, 6) is 4.04. The highest BCUT2D eigenvalue weighted by Crippen LogP contribution is 2.35. The number of aliphatic hydroxyl groups excluding tert-OH is 1. The van der Waals surface area contributed by atoms with Crippen LogP contribution in [0.25, 0.3) is 50.7 Å². The number of fused-ring (bicyclic) bond motifs is 5. The summed E-state index contributed by atoms with van der Waals surface area (Å²) in [5, 5.41) is 52.0. The highest BCUT2D eigenvalue weighted by atomic mass is 35.5. The van der Waals surface area contributed by atoms with E-state index < -0.39 is 0 Å². The van der Waals surface area contributed by atoms with Crippen molar-refractivity contribution in [3.05, 3.63) is 392 Å². The molecule has 3 atom stereocenters. The van der Waals surface area contributed by atoms with Crippen molar-refractivity contribution in [3.63, 3.8) is 0 Å². The lowest BCUT2D eigenvalue weighted by atomic mass is 10.0. The minimum atomic E-state index is -0.320. The van der Waals surface area contributed by atoms with Crippen molar-refractivity contribution in [3.8, 4) is 45.7 Å². The quantitative estimate of drug-likeness (QED) is 0.0150. The average Bonchev–Trinajstić information content (AvgIpc) is 1.61. The number of anilines is 7. The lowest BCUT2D eigenvalue weighted by Crippen LogP contribution is -2.43. The Bertz CT molecular complexity index is 7850. The van der Waals surface area contributed by atoms with Gasteiger partial charge in [-0.25, -0.2) is 63.3 Å².